The van der Waals surface area contributed by atoms with Crippen molar-refractivity contribution < 1.29 is 23.4 Å². The SMILES string of the molecule is CNCc1ccc(O)cc1.Cn1ncc(C=O)c1N.FC(F)COc1cc(N2CCCC2)ccn1. The highest BCUT2D eigenvalue weighted by Gasteiger charge is 2.13. The third-order valence-corrected chi connectivity index (χ3v) is 5.01. The number of aryl methyl sites for hydroxylation is 1. The molecule has 4 rings (SSSR count). The molecule has 3 aromatic rings. The van der Waals surface area contributed by atoms with Crippen LogP contribution in [0.3, 0.4) is 0 Å². The van der Waals surface area contributed by atoms with E-state index in [2.05, 4.69) is 20.3 Å². The number of phenolic OH excluding ortho intramolecular Hbond substituents is 1. The van der Waals surface area contributed by atoms with E-state index in [4.69, 9.17) is 15.6 Å². The van der Waals surface area contributed by atoms with Crippen LogP contribution in [0.5, 0.6) is 11.6 Å². The van der Waals surface area contributed by atoms with E-state index in [1.165, 1.54) is 29.3 Å². The largest absolute Gasteiger partial charge is 0.508 e. The van der Waals surface area contributed by atoms with E-state index in [0.29, 0.717) is 23.4 Å². The number of nitrogens with one attached hydrogen (secondary N) is 1. The fourth-order valence-electron chi connectivity index (χ4n) is 3.17. The number of nitrogens with zero attached hydrogens (tertiary/aromatic N) is 4. The van der Waals surface area contributed by atoms with Crippen molar-refractivity contribution in [3.8, 4) is 11.6 Å². The minimum absolute atomic E-state index is 0.268. The number of anilines is 2. The predicted molar refractivity (Wildman–Crippen MR) is 131 cm³/mol. The molecule has 0 aliphatic carbocycles. The number of aromatic hydroxyl groups is 1. The Morgan fingerprint density at radius 1 is 1.23 bits per heavy atom. The molecule has 0 amide bonds. The standard InChI is InChI=1S/C11H14F2N2O.C8H11NO.C5H7N3O/c12-10(13)8-16-11-7-9(3-4-14-11)15-5-1-2-6-15;1-9-6-7-2-4-8(10)5-3-7;1-8-5(6)4(3-9)2-7-8/h3-4,7,10H,1-2,5-6,8H2;2-5,9-10H,6H2,1H3;2-3H,6H2,1H3. The van der Waals surface area contributed by atoms with Crippen molar-refractivity contribution in [2.45, 2.75) is 25.8 Å². The van der Waals surface area contributed by atoms with Gasteiger partial charge in [0.2, 0.25) is 5.88 Å². The summed E-state index contributed by atoms with van der Waals surface area (Å²) < 4.78 is 30.2. The molecular formula is C24H32F2N6O3. The van der Waals surface area contributed by atoms with Crippen molar-refractivity contribution in [2.75, 3.05) is 37.4 Å². The molecule has 1 fully saturated rings. The number of carbonyl (C=O) groups excluding carboxylic acids is 1. The quantitative estimate of drug-likeness (QED) is 0.432. The summed E-state index contributed by atoms with van der Waals surface area (Å²) in [7, 11) is 3.58. The summed E-state index contributed by atoms with van der Waals surface area (Å²) in [4.78, 5) is 16.2. The Morgan fingerprint density at radius 2 is 1.91 bits per heavy atom. The smallest absolute Gasteiger partial charge is 0.272 e. The molecule has 9 nitrogen and oxygen atoms in total. The Bertz CT molecular complexity index is 1020. The van der Waals surface area contributed by atoms with Gasteiger partial charge in [0.25, 0.3) is 6.43 Å². The van der Waals surface area contributed by atoms with E-state index in [0.717, 1.165) is 25.3 Å². The van der Waals surface area contributed by atoms with Crippen LogP contribution in [0.1, 0.15) is 28.8 Å². The maximum absolute atomic E-state index is 12.0. The fourth-order valence-corrected chi connectivity index (χ4v) is 3.17. The second-order valence-corrected chi connectivity index (χ2v) is 7.67. The van der Waals surface area contributed by atoms with Gasteiger partial charge in [-0.15, -0.1) is 0 Å². The average molecular weight is 491 g/mol. The zero-order chi connectivity index (χ0) is 25.6. The first-order valence-electron chi connectivity index (χ1n) is 11.1. The summed E-state index contributed by atoms with van der Waals surface area (Å²) >= 11 is 0. The van der Waals surface area contributed by atoms with Gasteiger partial charge in [-0.1, -0.05) is 12.1 Å². The van der Waals surface area contributed by atoms with Crippen LogP contribution in [0.25, 0.3) is 0 Å². The minimum atomic E-state index is -2.46. The summed E-state index contributed by atoms with van der Waals surface area (Å²) in [5, 5.41) is 15.7. The van der Waals surface area contributed by atoms with Crippen LogP contribution in [-0.2, 0) is 13.6 Å². The summed E-state index contributed by atoms with van der Waals surface area (Å²) in [5.74, 6) is 0.995. The minimum Gasteiger partial charge on any atom is -0.508 e. The molecule has 11 heteroatoms. The lowest BCUT2D eigenvalue weighted by Gasteiger charge is -2.17. The number of aromatic nitrogens is 3. The van der Waals surface area contributed by atoms with Crippen LogP contribution < -0.4 is 20.7 Å². The number of nitrogen functional groups attached to an aromatic ring is 1. The molecule has 190 valence electrons. The normalized spacial score (nSPS) is 12.4. The van der Waals surface area contributed by atoms with Crippen molar-refractivity contribution in [1.82, 2.24) is 20.1 Å². The van der Waals surface area contributed by atoms with E-state index < -0.39 is 13.0 Å². The van der Waals surface area contributed by atoms with Gasteiger partial charge in [-0.05, 0) is 43.7 Å². The number of pyridine rings is 1. The number of halogens is 2. The zero-order valence-electron chi connectivity index (χ0n) is 19.9. The van der Waals surface area contributed by atoms with Gasteiger partial charge in [-0.25, -0.2) is 13.8 Å². The van der Waals surface area contributed by atoms with Crippen LogP contribution in [0, 0.1) is 0 Å². The first kappa shape index (κ1) is 27.5. The molecule has 1 aromatic carbocycles. The third-order valence-electron chi connectivity index (χ3n) is 5.01. The molecular weight excluding hydrogens is 458 g/mol. The maximum Gasteiger partial charge on any atom is 0.272 e. The molecule has 0 radical (unpaired) electrons. The molecule has 1 aliphatic rings. The Labute approximate surface area is 203 Å². The average Bonchev–Trinajstić information content (AvgIpc) is 3.51. The number of carbonyl (C=O) groups is 1. The van der Waals surface area contributed by atoms with Gasteiger partial charge >= 0.3 is 0 Å². The predicted octanol–water partition coefficient (Wildman–Crippen LogP) is 3.25. The van der Waals surface area contributed by atoms with Crippen LogP contribution in [0.2, 0.25) is 0 Å². The van der Waals surface area contributed by atoms with Gasteiger partial charge in [-0.3, -0.25) is 9.48 Å². The van der Waals surface area contributed by atoms with Crippen molar-refractivity contribution >= 4 is 17.8 Å². The van der Waals surface area contributed by atoms with Gasteiger partial charge < -0.3 is 25.8 Å². The van der Waals surface area contributed by atoms with Crippen molar-refractivity contribution in [3.63, 3.8) is 0 Å². The van der Waals surface area contributed by atoms with Gasteiger partial charge in [0.1, 0.15) is 11.6 Å². The van der Waals surface area contributed by atoms with Crippen LogP contribution in [0.4, 0.5) is 20.3 Å². The number of hydrogen-bond acceptors (Lipinski definition) is 8. The molecule has 1 aliphatic heterocycles. The topological polar surface area (TPSA) is 119 Å². The van der Waals surface area contributed by atoms with Crippen LogP contribution >= 0.6 is 0 Å². The number of nitrogens with two attached hydrogens (primary N) is 1. The summed E-state index contributed by atoms with van der Waals surface area (Å²) in [6, 6.07) is 10.8. The molecule has 4 N–H and O–H groups in total. The number of rotatable bonds is 7. The Hall–Kier alpha value is -3.73. The summed E-state index contributed by atoms with van der Waals surface area (Å²) in [6.07, 6.45) is 3.60. The number of ether oxygens (including phenoxy) is 1. The molecule has 0 saturated carbocycles. The van der Waals surface area contributed by atoms with Gasteiger partial charge in [0.15, 0.2) is 12.9 Å². The summed E-state index contributed by atoms with van der Waals surface area (Å²) in [6.45, 7) is 2.27. The fraction of sp³-hybridized carbons (Fsp3) is 0.375. The van der Waals surface area contributed by atoms with Gasteiger partial charge in [-0.2, -0.15) is 5.10 Å². The Morgan fingerprint density at radius 3 is 2.43 bits per heavy atom. The third kappa shape index (κ3) is 9.57. The molecule has 1 saturated heterocycles. The van der Waals surface area contributed by atoms with Crippen LogP contribution in [-0.4, -0.2) is 59.3 Å². The lowest BCUT2D eigenvalue weighted by atomic mass is 10.2. The van der Waals surface area contributed by atoms with E-state index in [1.54, 1.807) is 31.4 Å². The molecule has 2 aromatic heterocycles. The molecule has 0 atom stereocenters. The second kappa shape index (κ2) is 14.5. The molecule has 0 spiro atoms. The van der Waals surface area contributed by atoms with Gasteiger partial charge in [0.05, 0.1) is 11.8 Å². The van der Waals surface area contributed by atoms with Crippen molar-refractivity contribution in [2.24, 2.45) is 7.05 Å². The zero-order valence-corrected chi connectivity index (χ0v) is 19.9. The Balaban J connectivity index is 0.000000197. The first-order chi connectivity index (χ1) is 16.8. The van der Waals surface area contributed by atoms with E-state index in [-0.39, 0.29) is 5.88 Å². The highest BCUT2D eigenvalue weighted by Crippen LogP contribution is 2.22. The number of alkyl halides is 2. The summed E-state index contributed by atoms with van der Waals surface area (Å²) in [5.41, 5.74) is 8.00. The number of aldehydes is 1. The second-order valence-electron chi connectivity index (χ2n) is 7.67. The first-order valence-corrected chi connectivity index (χ1v) is 11.1. The number of phenols is 1. The van der Waals surface area contributed by atoms with Crippen molar-refractivity contribution in [3.05, 3.63) is 59.9 Å². The highest BCUT2D eigenvalue weighted by atomic mass is 19.3. The van der Waals surface area contributed by atoms with E-state index in [9.17, 15) is 13.6 Å². The number of benzene rings is 1. The lowest BCUT2D eigenvalue weighted by Crippen LogP contribution is -2.17. The van der Waals surface area contributed by atoms with E-state index >= 15 is 0 Å². The Kier molecular flexibility index (Phi) is 11.4. The molecule has 0 unspecified atom stereocenters. The number of hydrogen-bond donors (Lipinski definition) is 3. The lowest BCUT2D eigenvalue weighted by molar-refractivity contribution is 0.0796. The van der Waals surface area contributed by atoms with Gasteiger partial charge in [0, 0.05) is 44.6 Å². The molecule has 3 heterocycles. The maximum atomic E-state index is 12.0. The highest BCUT2D eigenvalue weighted by molar-refractivity contribution is 5.81. The van der Waals surface area contributed by atoms with Crippen molar-refractivity contribution in [1.29, 1.82) is 0 Å². The molecule has 0 bridgehead atoms. The van der Waals surface area contributed by atoms with Crippen LogP contribution in [0.15, 0.2) is 48.8 Å². The monoisotopic (exact) mass is 490 g/mol. The molecule has 35 heavy (non-hydrogen) atoms. The van der Waals surface area contributed by atoms with E-state index in [1.807, 2.05) is 25.2 Å².